The molecule has 0 unspecified atom stereocenters. The molecule has 0 bridgehead atoms. The van der Waals surface area contributed by atoms with E-state index in [2.05, 4.69) is 62.9 Å². The fourth-order valence-corrected chi connectivity index (χ4v) is 4.76. The maximum atomic E-state index is 11.0. The third kappa shape index (κ3) is 3.55. The second-order valence-electron chi connectivity index (χ2n) is 8.00. The Morgan fingerprint density at radius 2 is 1.56 bits per heavy atom. The summed E-state index contributed by atoms with van der Waals surface area (Å²) >= 11 is 0. The predicted octanol–water partition coefficient (Wildman–Crippen LogP) is 4.31. The molecule has 3 aromatic rings. The van der Waals surface area contributed by atoms with Crippen molar-refractivity contribution in [2.75, 3.05) is 0 Å². The van der Waals surface area contributed by atoms with Crippen LogP contribution in [-0.4, -0.2) is 28.0 Å². The second kappa shape index (κ2) is 6.73. The molecule has 0 spiro atoms. The Bertz CT molecular complexity index is 994. The standard InChI is InChI=1S/C20H24N4O2Si/c1-13-11-14(2)18(15(3)12-13)23-19(20(21-22-23)27(4,5)6)16-7-9-17(10-8-16)24(25)26/h7-12H,1-6H3. The molecule has 0 aliphatic heterocycles. The van der Waals surface area contributed by atoms with Gasteiger partial charge in [-0.05, 0) is 44.0 Å². The molecule has 0 N–H and O–H groups in total. The number of nitrogens with zero attached hydrogens (tertiary/aromatic N) is 4. The highest BCUT2D eigenvalue weighted by atomic mass is 28.3. The highest BCUT2D eigenvalue weighted by molar-refractivity contribution is 6.89. The summed E-state index contributed by atoms with van der Waals surface area (Å²) in [6, 6.07) is 10.9. The number of aryl methyl sites for hydroxylation is 3. The van der Waals surface area contributed by atoms with Crippen LogP contribution in [0.5, 0.6) is 0 Å². The van der Waals surface area contributed by atoms with Crippen LogP contribution >= 0.6 is 0 Å². The van der Waals surface area contributed by atoms with E-state index in [0.717, 1.165) is 33.4 Å². The largest absolute Gasteiger partial charge is 0.269 e. The number of aromatic nitrogens is 3. The monoisotopic (exact) mass is 380 g/mol. The van der Waals surface area contributed by atoms with Crippen molar-refractivity contribution in [3.05, 3.63) is 63.2 Å². The van der Waals surface area contributed by atoms with Gasteiger partial charge in [0.25, 0.3) is 5.69 Å². The van der Waals surface area contributed by atoms with Crippen molar-refractivity contribution in [2.45, 2.75) is 40.4 Å². The molecule has 0 atom stereocenters. The van der Waals surface area contributed by atoms with Gasteiger partial charge in [0.15, 0.2) is 0 Å². The van der Waals surface area contributed by atoms with E-state index in [9.17, 15) is 10.1 Å². The fourth-order valence-electron chi connectivity index (χ4n) is 3.45. The molecule has 0 aliphatic carbocycles. The van der Waals surface area contributed by atoms with Crippen LogP contribution < -0.4 is 5.32 Å². The molecule has 140 valence electrons. The average molecular weight is 381 g/mol. The first-order chi connectivity index (χ1) is 12.6. The summed E-state index contributed by atoms with van der Waals surface area (Å²) in [4.78, 5) is 10.6. The van der Waals surface area contributed by atoms with E-state index in [4.69, 9.17) is 0 Å². The van der Waals surface area contributed by atoms with Crippen LogP contribution in [0.3, 0.4) is 0 Å². The van der Waals surface area contributed by atoms with Gasteiger partial charge in [0.1, 0.15) is 8.07 Å². The summed E-state index contributed by atoms with van der Waals surface area (Å²) in [5.41, 5.74) is 6.38. The summed E-state index contributed by atoms with van der Waals surface area (Å²) < 4.78 is 1.90. The molecule has 0 saturated carbocycles. The minimum Gasteiger partial charge on any atom is -0.258 e. The average Bonchev–Trinajstić information content (AvgIpc) is 2.98. The Balaban J connectivity index is 2.29. The second-order valence-corrected chi connectivity index (χ2v) is 13.0. The van der Waals surface area contributed by atoms with Gasteiger partial charge in [0.05, 0.1) is 21.6 Å². The molecule has 1 heterocycles. The number of rotatable bonds is 4. The maximum absolute atomic E-state index is 11.0. The van der Waals surface area contributed by atoms with Crippen LogP contribution in [0.1, 0.15) is 16.7 Å². The zero-order chi connectivity index (χ0) is 19.9. The third-order valence-electron chi connectivity index (χ3n) is 4.58. The van der Waals surface area contributed by atoms with Gasteiger partial charge in [-0.3, -0.25) is 10.1 Å². The Hall–Kier alpha value is -2.80. The van der Waals surface area contributed by atoms with E-state index in [1.807, 2.05) is 4.68 Å². The lowest BCUT2D eigenvalue weighted by Gasteiger charge is -2.18. The minimum absolute atomic E-state index is 0.0787. The van der Waals surface area contributed by atoms with Gasteiger partial charge in [0, 0.05) is 17.7 Å². The summed E-state index contributed by atoms with van der Waals surface area (Å²) in [6.07, 6.45) is 0. The lowest BCUT2D eigenvalue weighted by atomic mass is 10.0. The quantitative estimate of drug-likeness (QED) is 0.384. The van der Waals surface area contributed by atoms with Crippen LogP contribution in [-0.2, 0) is 0 Å². The van der Waals surface area contributed by atoms with Gasteiger partial charge in [-0.1, -0.05) is 42.6 Å². The Labute approximate surface area is 160 Å². The first kappa shape index (κ1) is 19.0. The van der Waals surface area contributed by atoms with Gasteiger partial charge in [-0.25, -0.2) is 4.68 Å². The topological polar surface area (TPSA) is 73.8 Å². The molecule has 0 fully saturated rings. The van der Waals surface area contributed by atoms with Crippen molar-refractivity contribution in [3.63, 3.8) is 0 Å². The van der Waals surface area contributed by atoms with Crippen molar-refractivity contribution in [3.8, 4) is 16.9 Å². The molecule has 0 radical (unpaired) electrons. The Morgan fingerprint density at radius 3 is 2.04 bits per heavy atom. The van der Waals surface area contributed by atoms with Crippen LogP contribution in [0.15, 0.2) is 36.4 Å². The van der Waals surface area contributed by atoms with Gasteiger partial charge in [0.2, 0.25) is 0 Å². The number of benzene rings is 2. The van der Waals surface area contributed by atoms with Crippen molar-refractivity contribution in [1.29, 1.82) is 0 Å². The van der Waals surface area contributed by atoms with Crippen molar-refractivity contribution in [2.24, 2.45) is 0 Å². The van der Waals surface area contributed by atoms with Gasteiger partial charge >= 0.3 is 0 Å². The molecule has 0 saturated heterocycles. The molecule has 0 amide bonds. The van der Waals surface area contributed by atoms with E-state index in [1.165, 1.54) is 17.7 Å². The molecule has 7 heteroatoms. The third-order valence-corrected chi connectivity index (χ3v) is 6.34. The molecule has 1 aromatic heterocycles. The summed E-state index contributed by atoms with van der Waals surface area (Å²) in [6.45, 7) is 12.9. The van der Waals surface area contributed by atoms with Gasteiger partial charge in [-0.2, -0.15) is 0 Å². The van der Waals surface area contributed by atoms with E-state index in [0.29, 0.717) is 0 Å². The van der Waals surface area contributed by atoms with Crippen molar-refractivity contribution in [1.82, 2.24) is 15.0 Å². The number of non-ortho nitro benzene ring substituents is 1. The van der Waals surface area contributed by atoms with Crippen molar-refractivity contribution < 1.29 is 4.92 Å². The molecular formula is C20H24N4O2Si. The first-order valence-corrected chi connectivity index (χ1v) is 12.4. The van der Waals surface area contributed by atoms with Crippen LogP contribution in [0.4, 0.5) is 5.69 Å². The predicted molar refractivity (Wildman–Crippen MR) is 111 cm³/mol. The Morgan fingerprint density at radius 1 is 1.00 bits per heavy atom. The summed E-state index contributed by atoms with van der Waals surface area (Å²) in [5, 5.41) is 21.1. The summed E-state index contributed by atoms with van der Waals surface area (Å²) in [5.74, 6) is 0. The highest BCUT2D eigenvalue weighted by Gasteiger charge is 2.29. The minimum atomic E-state index is -1.78. The molecule has 2 aromatic carbocycles. The van der Waals surface area contributed by atoms with E-state index in [-0.39, 0.29) is 10.6 Å². The molecule has 0 aliphatic rings. The molecule has 6 nitrogen and oxygen atoms in total. The first-order valence-electron chi connectivity index (χ1n) is 8.89. The number of hydrogen-bond acceptors (Lipinski definition) is 4. The van der Waals surface area contributed by atoms with E-state index < -0.39 is 8.07 Å². The van der Waals surface area contributed by atoms with Crippen molar-refractivity contribution >= 4 is 19.1 Å². The van der Waals surface area contributed by atoms with E-state index in [1.54, 1.807) is 12.1 Å². The smallest absolute Gasteiger partial charge is 0.258 e. The zero-order valence-corrected chi connectivity index (χ0v) is 17.6. The highest BCUT2D eigenvalue weighted by Crippen LogP contribution is 2.28. The zero-order valence-electron chi connectivity index (χ0n) is 16.6. The molecular weight excluding hydrogens is 356 g/mol. The lowest BCUT2D eigenvalue weighted by Crippen LogP contribution is -2.40. The maximum Gasteiger partial charge on any atom is 0.269 e. The molecule has 27 heavy (non-hydrogen) atoms. The SMILES string of the molecule is Cc1cc(C)c(-n2nnc([Si](C)(C)C)c2-c2ccc([N+](=O)[O-])cc2)c(C)c1. The lowest BCUT2D eigenvalue weighted by molar-refractivity contribution is -0.384. The Kier molecular flexibility index (Phi) is 4.73. The fraction of sp³-hybridized carbons (Fsp3) is 0.300. The van der Waals surface area contributed by atoms with Crippen LogP contribution in [0.2, 0.25) is 19.6 Å². The normalized spacial score (nSPS) is 11.6. The number of nitro groups is 1. The van der Waals surface area contributed by atoms with Crippen LogP contribution in [0.25, 0.3) is 16.9 Å². The number of hydrogen-bond donors (Lipinski definition) is 0. The van der Waals surface area contributed by atoms with Crippen LogP contribution in [0, 0.1) is 30.9 Å². The van der Waals surface area contributed by atoms with Gasteiger partial charge in [-0.15, -0.1) is 5.10 Å². The summed E-state index contributed by atoms with van der Waals surface area (Å²) in [7, 11) is -1.78. The molecule has 3 rings (SSSR count). The van der Waals surface area contributed by atoms with E-state index >= 15 is 0 Å². The number of nitro benzene ring substituents is 1. The van der Waals surface area contributed by atoms with Gasteiger partial charge < -0.3 is 0 Å².